The molecule has 3 heterocycles. The van der Waals surface area contributed by atoms with Crippen LogP contribution in [0.4, 0.5) is 0 Å². The van der Waals surface area contributed by atoms with E-state index in [-0.39, 0.29) is 12.5 Å². The smallest absolute Gasteiger partial charge is 0.213 e. The van der Waals surface area contributed by atoms with Gasteiger partial charge in [-0.1, -0.05) is 24.0 Å². The third-order valence-corrected chi connectivity index (χ3v) is 4.68. The fourth-order valence-corrected chi connectivity index (χ4v) is 3.47. The molecule has 3 unspecified atom stereocenters. The zero-order valence-electron chi connectivity index (χ0n) is 12.9. The van der Waals surface area contributed by atoms with Crippen LogP contribution in [0.2, 0.25) is 6.32 Å². The largest absolute Gasteiger partial charge is 0.497 e. The van der Waals surface area contributed by atoms with Crippen LogP contribution in [0.15, 0.2) is 24.3 Å². The first-order chi connectivity index (χ1) is 10.8. The molecule has 2 radical (unpaired) electrons. The van der Waals surface area contributed by atoms with E-state index in [0.717, 1.165) is 38.4 Å². The van der Waals surface area contributed by atoms with Crippen molar-refractivity contribution in [1.29, 1.82) is 0 Å². The summed E-state index contributed by atoms with van der Waals surface area (Å²) in [5.41, 5.74) is 1.30. The molecular weight excluding hydrogens is 278 g/mol. The highest BCUT2D eigenvalue weighted by atomic mass is 16.6. The molecule has 0 N–H and O–H groups in total. The van der Waals surface area contributed by atoms with E-state index in [2.05, 4.69) is 36.5 Å². The molecule has 0 aromatic heterocycles. The van der Waals surface area contributed by atoms with Crippen molar-refractivity contribution >= 4 is 14.7 Å². The highest BCUT2D eigenvalue weighted by Gasteiger charge is 2.41. The Morgan fingerprint density at radius 3 is 2.77 bits per heavy atom. The summed E-state index contributed by atoms with van der Waals surface area (Å²) in [4.78, 5) is 4.62. The molecule has 0 saturated carbocycles. The zero-order chi connectivity index (χ0) is 14.9. The van der Waals surface area contributed by atoms with Crippen LogP contribution in [-0.4, -0.2) is 70.3 Å². The van der Waals surface area contributed by atoms with E-state index in [4.69, 9.17) is 14.2 Å². The maximum absolute atomic E-state index is 5.92. The average Bonchev–Trinajstić information content (AvgIpc) is 3.17. The second-order valence-electron chi connectivity index (χ2n) is 5.92. The van der Waals surface area contributed by atoms with E-state index in [0.29, 0.717) is 5.82 Å². The molecule has 5 nitrogen and oxygen atoms in total. The van der Waals surface area contributed by atoms with Crippen molar-refractivity contribution in [1.82, 2.24) is 9.71 Å². The first-order valence-corrected chi connectivity index (χ1v) is 7.92. The van der Waals surface area contributed by atoms with Gasteiger partial charge >= 0.3 is 0 Å². The van der Waals surface area contributed by atoms with Gasteiger partial charge in [0.05, 0.1) is 26.5 Å². The minimum atomic E-state index is 0.0337. The van der Waals surface area contributed by atoms with E-state index in [1.165, 1.54) is 5.56 Å². The third kappa shape index (κ3) is 2.67. The van der Waals surface area contributed by atoms with Crippen molar-refractivity contribution in [3.63, 3.8) is 0 Å². The Morgan fingerprint density at radius 1 is 1.14 bits per heavy atom. The van der Waals surface area contributed by atoms with E-state index in [9.17, 15) is 0 Å². The molecule has 3 aliphatic rings. The summed E-state index contributed by atoms with van der Waals surface area (Å²) in [7, 11) is 6.30. The molecule has 0 aliphatic carbocycles. The molecule has 114 valence electrons. The maximum Gasteiger partial charge on any atom is 0.213 e. The van der Waals surface area contributed by atoms with Crippen LogP contribution >= 0.6 is 0 Å². The lowest BCUT2D eigenvalue weighted by molar-refractivity contribution is -0.0848. The number of benzene rings is 1. The lowest BCUT2D eigenvalue weighted by Gasteiger charge is -2.38. The lowest BCUT2D eigenvalue weighted by Crippen LogP contribution is -2.54. The molecule has 0 bridgehead atoms. The van der Waals surface area contributed by atoms with E-state index in [1.54, 1.807) is 7.11 Å². The molecule has 0 spiro atoms. The van der Waals surface area contributed by atoms with E-state index >= 15 is 0 Å². The molecule has 3 saturated heterocycles. The van der Waals surface area contributed by atoms with Crippen LogP contribution in [0, 0.1) is 0 Å². The molecule has 22 heavy (non-hydrogen) atoms. The predicted molar refractivity (Wildman–Crippen MR) is 84.9 cm³/mol. The first-order valence-electron chi connectivity index (χ1n) is 7.92. The number of methoxy groups -OCH3 is 1. The van der Waals surface area contributed by atoms with Crippen molar-refractivity contribution in [2.24, 2.45) is 0 Å². The second-order valence-corrected chi connectivity index (χ2v) is 5.92. The quantitative estimate of drug-likeness (QED) is 0.752. The highest BCUT2D eigenvalue weighted by molar-refractivity contribution is 6.44. The van der Waals surface area contributed by atoms with Gasteiger partial charge in [0, 0.05) is 13.1 Å². The molecular formula is C15H20B2N2O3. The van der Waals surface area contributed by atoms with Crippen molar-refractivity contribution in [3.05, 3.63) is 29.8 Å². The van der Waals surface area contributed by atoms with Gasteiger partial charge in [0.2, 0.25) is 7.41 Å². The second kappa shape index (κ2) is 6.24. The fraction of sp³-hybridized carbons (Fsp3) is 0.600. The summed E-state index contributed by atoms with van der Waals surface area (Å²) in [5, 5.41) is 0. The summed E-state index contributed by atoms with van der Waals surface area (Å²) in [6, 6.07) is 8.34. The van der Waals surface area contributed by atoms with Crippen LogP contribution in [0.1, 0.15) is 11.4 Å². The summed E-state index contributed by atoms with van der Waals surface area (Å²) in [6.07, 6.45) is 1.05. The molecule has 1 aromatic carbocycles. The van der Waals surface area contributed by atoms with Gasteiger partial charge in [-0.3, -0.25) is 0 Å². The molecule has 4 rings (SSSR count). The molecule has 3 fully saturated rings. The van der Waals surface area contributed by atoms with Gasteiger partial charge in [-0.2, -0.15) is 0 Å². The molecule has 3 atom stereocenters. The Kier molecular flexibility index (Phi) is 4.13. The van der Waals surface area contributed by atoms with Crippen molar-refractivity contribution < 1.29 is 14.2 Å². The van der Waals surface area contributed by atoms with Crippen LogP contribution in [0.3, 0.4) is 0 Å². The summed E-state index contributed by atoms with van der Waals surface area (Å²) < 4.78 is 17.1. The third-order valence-electron chi connectivity index (χ3n) is 4.68. The standard InChI is InChI=1S/C15H20B2N2O3/c1-20-12-4-2-11(3-5-12)13-10-16-19-7-9-22-15(19)18-6-8-21-14(18)17-13/h2-5,13-15H,6-10H2,1H3. The molecule has 0 amide bonds. The van der Waals surface area contributed by atoms with E-state index in [1.807, 2.05) is 12.1 Å². The Bertz CT molecular complexity index is 516. The van der Waals surface area contributed by atoms with Gasteiger partial charge in [-0.05, 0) is 17.9 Å². The predicted octanol–water partition coefficient (Wildman–Crippen LogP) is 0.723. The van der Waals surface area contributed by atoms with E-state index < -0.39 is 0 Å². The van der Waals surface area contributed by atoms with Gasteiger partial charge in [-0.25, -0.2) is 4.90 Å². The SMILES string of the molecule is COc1ccc(C2[B]C3OCCN3C3OCCN3[B]C2)cc1. The summed E-state index contributed by atoms with van der Waals surface area (Å²) >= 11 is 0. The zero-order valence-corrected chi connectivity index (χ0v) is 12.9. The normalized spacial score (nSPS) is 32.3. The van der Waals surface area contributed by atoms with Gasteiger partial charge in [-0.15, -0.1) is 0 Å². The van der Waals surface area contributed by atoms with Crippen molar-refractivity contribution in [3.8, 4) is 5.75 Å². The molecule has 7 heteroatoms. The van der Waals surface area contributed by atoms with Crippen LogP contribution in [-0.2, 0) is 9.47 Å². The van der Waals surface area contributed by atoms with Crippen LogP contribution in [0.25, 0.3) is 0 Å². The number of nitrogens with zero attached hydrogens (tertiary/aromatic N) is 2. The lowest BCUT2D eigenvalue weighted by atomic mass is 9.53. The molecule has 1 aromatic rings. The van der Waals surface area contributed by atoms with Gasteiger partial charge in [0.1, 0.15) is 5.75 Å². The van der Waals surface area contributed by atoms with Crippen molar-refractivity contribution in [2.45, 2.75) is 24.6 Å². The van der Waals surface area contributed by atoms with Gasteiger partial charge < -0.3 is 19.0 Å². The van der Waals surface area contributed by atoms with Crippen LogP contribution < -0.4 is 4.74 Å². The molecule has 3 aliphatic heterocycles. The van der Waals surface area contributed by atoms with Crippen molar-refractivity contribution in [2.75, 3.05) is 33.4 Å². The highest BCUT2D eigenvalue weighted by Crippen LogP contribution is 2.30. The van der Waals surface area contributed by atoms with Crippen LogP contribution in [0.5, 0.6) is 5.75 Å². The van der Waals surface area contributed by atoms with Gasteiger partial charge in [0.25, 0.3) is 0 Å². The van der Waals surface area contributed by atoms with Gasteiger partial charge in [0.15, 0.2) is 13.6 Å². The summed E-state index contributed by atoms with van der Waals surface area (Å²) in [5.74, 6) is 1.24. The minimum absolute atomic E-state index is 0.0337. The topological polar surface area (TPSA) is 34.2 Å². The Hall–Kier alpha value is -1.01. The summed E-state index contributed by atoms with van der Waals surface area (Å²) in [6.45, 7) is 3.44. The first kappa shape index (κ1) is 14.6. The monoisotopic (exact) mass is 298 g/mol. The number of rotatable bonds is 2. The minimum Gasteiger partial charge on any atom is -0.497 e. The average molecular weight is 298 g/mol. The maximum atomic E-state index is 5.92. The fourth-order valence-electron chi connectivity index (χ4n) is 3.47. The Morgan fingerprint density at radius 2 is 1.95 bits per heavy atom. The number of hydrogen-bond acceptors (Lipinski definition) is 5. The Labute approximate surface area is 133 Å². The number of fused-ring (bicyclic) bond motifs is 3. The number of hydrogen-bond donors (Lipinski definition) is 0. The number of ether oxygens (including phenoxy) is 3. The Balaban J connectivity index is 1.55.